The van der Waals surface area contributed by atoms with Crippen molar-refractivity contribution in [1.29, 1.82) is 0 Å². The minimum absolute atomic E-state index is 0.0120. The Morgan fingerprint density at radius 2 is 1.65 bits per heavy atom. The smallest absolute Gasteiger partial charge is 0.337 e. The lowest BCUT2D eigenvalue weighted by atomic mass is 10.0. The fourth-order valence-electron chi connectivity index (χ4n) is 1.84. The quantitative estimate of drug-likeness (QED) is 0.902. The van der Waals surface area contributed by atoms with E-state index in [2.05, 4.69) is 5.32 Å². The number of benzene rings is 2. The van der Waals surface area contributed by atoms with Gasteiger partial charge in [0.25, 0.3) is 0 Å². The molecule has 0 spiro atoms. The molecule has 0 aliphatic rings. The number of carboxylic acid groups (broad SMARTS) is 1. The molecule has 0 aliphatic carbocycles. The molecule has 0 radical (unpaired) electrons. The van der Waals surface area contributed by atoms with E-state index in [9.17, 15) is 19.1 Å². The zero-order valence-corrected chi connectivity index (χ0v) is 10.7. The summed E-state index contributed by atoms with van der Waals surface area (Å²) in [7, 11) is 0. The number of carbonyl (C=O) groups is 2. The van der Waals surface area contributed by atoms with Gasteiger partial charge in [-0.25, -0.2) is 9.18 Å². The van der Waals surface area contributed by atoms with Crippen LogP contribution in [0.15, 0.2) is 42.5 Å². The molecule has 0 atom stereocenters. The van der Waals surface area contributed by atoms with Crippen LogP contribution in [0.5, 0.6) is 0 Å². The predicted octanol–water partition coefficient (Wildman–Crippen LogP) is 3.15. The molecular formula is C15H12FNO3. The molecule has 0 fully saturated rings. The van der Waals surface area contributed by atoms with E-state index in [0.29, 0.717) is 11.1 Å². The number of hydrogen-bond donors (Lipinski definition) is 2. The van der Waals surface area contributed by atoms with Crippen LogP contribution in [0.1, 0.15) is 17.3 Å². The van der Waals surface area contributed by atoms with Gasteiger partial charge in [0.2, 0.25) is 5.91 Å². The van der Waals surface area contributed by atoms with Crippen molar-refractivity contribution in [3.63, 3.8) is 0 Å². The highest BCUT2D eigenvalue weighted by atomic mass is 19.1. The molecule has 0 aromatic heterocycles. The van der Waals surface area contributed by atoms with Crippen LogP contribution in [0.3, 0.4) is 0 Å². The van der Waals surface area contributed by atoms with E-state index in [1.54, 1.807) is 18.2 Å². The number of aromatic carboxylic acids is 1. The third kappa shape index (κ3) is 3.00. The lowest BCUT2D eigenvalue weighted by Crippen LogP contribution is -2.10. The minimum Gasteiger partial charge on any atom is -0.478 e. The molecule has 1 amide bonds. The van der Waals surface area contributed by atoms with Gasteiger partial charge in [0.05, 0.1) is 11.3 Å². The zero-order chi connectivity index (χ0) is 14.7. The Balaban J connectivity index is 2.47. The molecule has 0 heterocycles. The van der Waals surface area contributed by atoms with Crippen LogP contribution in [-0.4, -0.2) is 17.0 Å². The van der Waals surface area contributed by atoms with Gasteiger partial charge in [-0.15, -0.1) is 0 Å². The molecule has 2 rings (SSSR count). The maximum Gasteiger partial charge on any atom is 0.337 e. The van der Waals surface area contributed by atoms with E-state index in [1.165, 1.54) is 31.2 Å². The molecule has 0 saturated heterocycles. The predicted molar refractivity (Wildman–Crippen MR) is 73.1 cm³/mol. The average Bonchev–Trinajstić information content (AvgIpc) is 2.39. The summed E-state index contributed by atoms with van der Waals surface area (Å²) in [4.78, 5) is 22.3. The molecule has 0 aliphatic heterocycles. The number of hydrogen-bond acceptors (Lipinski definition) is 2. The van der Waals surface area contributed by atoms with Gasteiger partial charge in [-0.2, -0.15) is 0 Å². The average molecular weight is 273 g/mol. The van der Waals surface area contributed by atoms with Crippen molar-refractivity contribution in [2.24, 2.45) is 0 Å². The molecule has 5 heteroatoms. The molecule has 2 aromatic carbocycles. The third-order valence-electron chi connectivity index (χ3n) is 2.74. The Morgan fingerprint density at radius 1 is 1.05 bits per heavy atom. The lowest BCUT2D eigenvalue weighted by molar-refractivity contribution is -0.114. The summed E-state index contributed by atoms with van der Waals surface area (Å²) in [6, 6.07) is 10.4. The van der Waals surface area contributed by atoms with Gasteiger partial charge in [-0.05, 0) is 35.4 Å². The highest BCUT2D eigenvalue weighted by Gasteiger charge is 2.12. The standard InChI is InChI=1S/C15H12FNO3/c1-9(18)17-14-7-4-11(8-13(14)15(19)20)10-2-5-12(16)6-3-10/h2-8H,1H3,(H,17,18)(H,19,20). The van der Waals surface area contributed by atoms with Gasteiger partial charge in [0.1, 0.15) is 5.82 Å². The number of anilines is 1. The van der Waals surface area contributed by atoms with Crippen LogP contribution in [0.25, 0.3) is 11.1 Å². The number of halogens is 1. The Morgan fingerprint density at radius 3 is 2.20 bits per heavy atom. The topological polar surface area (TPSA) is 66.4 Å². The second-order valence-corrected chi connectivity index (χ2v) is 4.25. The van der Waals surface area contributed by atoms with Crippen molar-refractivity contribution >= 4 is 17.6 Å². The molecule has 2 aromatic rings. The van der Waals surface area contributed by atoms with Crippen molar-refractivity contribution < 1.29 is 19.1 Å². The van der Waals surface area contributed by atoms with Gasteiger partial charge in [0.15, 0.2) is 0 Å². The van der Waals surface area contributed by atoms with Crippen molar-refractivity contribution in [1.82, 2.24) is 0 Å². The van der Waals surface area contributed by atoms with Crippen LogP contribution < -0.4 is 5.32 Å². The third-order valence-corrected chi connectivity index (χ3v) is 2.74. The molecule has 4 nitrogen and oxygen atoms in total. The van der Waals surface area contributed by atoms with Gasteiger partial charge in [-0.3, -0.25) is 4.79 Å². The van der Waals surface area contributed by atoms with Crippen molar-refractivity contribution in [2.45, 2.75) is 6.92 Å². The normalized spacial score (nSPS) is 10.1. The Labute approximate surface area is 114 Å². The first-order chi connectivity index (χ1) is 9.47. The summed E-state index contributed by atoms with van der Waals surface area (Å²) in [6.07, 6.45) is 0. The van der Waals surface area contributed by atoms with Crippen LogP contribution >= 0.6 is 0 Å². The first-order valence-electron chi connectivity index (χ1n) is 5.88. The van der Waals surface area contributed by atoms with E-state index in [-0.39, 0.29) is 23.0 Å². The van der Waals surface area contributed by atoms with E-state index in [0.717, 1.165) is 0 Å². The molecular weight excluding hydrogens is 261 g/mol. The lowest BCUT2D eigenvalue weighted by Gasteiger charge is -2.09. The van der Waals surface area contributed by atoms with Gasteiger partial charge in [0, 0.05) is 6.92 Å². The summed E-state index contributed by atoms with van der Waals surface area (Å²) < 4.78 is 12.9. The van der Waals surface area contributed by atoms with E-state index in [4.69, 9.17) is 0 Å². The van der Waals surface area contributed by atoms with Crippen molar-refractivity contribution in [3.05, 3.63) is 53.8 Å². The highest BCUT2D eigenvalue weighted by molar-refractivity contribution is 6.01. The zero-order valence-electron chi connectivity index (χ0n) is 10.7. The van der Waals surface area contributed by atoms with E-state index >= 15 is 0 Å². The molecule has 0 saturated carbocycles. The van der Waals surface area contributed by atoms with E-state index < -0.39 is 5.97 Å². The van der Waals surface area contributed by atoms with Crippen LogP contribution in [-0.2, 0) is 4.79 Å². The number of carboxylic acids is 1. The number of rotatable bonds is 3. The monoisotopic (exact) mass is 273 g/mol. The fraction of sp³-hybridized carbons (Fsp3) is 0.0667. The second-order valence-electron chi connectivity index (χ2n) is 4.25. The van der Waals surface area contributed by atoms with Crippen LogP contribution in [0, 0.1) is 5.82 Å². The molecule has 2 N–H and O–H groups in total. The fourth-order valence-corrected chi connectivity index (χ4v) is 1.84. The Bertz CT molecular complexity index is 665. The Hall–Kier alpha value is -2.69. The highest BCUT2D eigenvalue weighted by Crippen LogP contribution is 2.25. The van der Waals surface area contributed by atoms with E-state index in [1.807, 2.05) is 0 Å². The van der Waals surface area contributed by atoms with Crippen LogP contribution in [0.2, 0.25) is 0 Å². The van der Waals surface area contributed by atoms with Gasteiger partial charge in [-0.1, -0.05) is 18.2 Å². The molecule has 0 bridgehead atoms. The summed E-state index contributed by atoms with van der Waals surface area (Å²) in [5.74, 6) is -1.85. The van der Waals surface area contributed by atoms with Crippen LogP contribution in [0.4, 0.5) is 10.1 Å². The summed E-state index contributed by atoms with van der Waals surface area (Å²) in [5, 5.41) is 11.6. The first kappa shape index (κ1) is 13.7. The number of carbonyl (C=O) groups excluding carboxylic acids is 1. The van der Waals surface area contributed by atoms with Gasteiger partial charge < -0.3 is 10.4 Å². The largest absolute Gasteiger partial charge is 0.478 e. The molecule has 0 unspecified atom stereocenters. The summed E-state index contributed by atoms with van der Waals surface area (Å²) in [5.41, 5.74) is 1.55. The SMILES string of the molecule is CC(=O)Nc1ccc(-c2ccc(F)cc2)cc1C(=O)O. The van der Waals surface area contributed by atoms with Gasteiger partial charge >= 0.3 is 5.97 Å². The Kier molecular flexibility index (Phi) is 3.79. The summed E-state index contributed by atoms with van der Waals surface area (Å²) >= 11 is 0. The maximum absolute atomic E-state index is 12.9. The minimum atomic E-state index is -1.14. The first-order valence-corrected chi connectivity index (χ1v) is 5.88. The second kappa shape index (κ2) is 5.52. The maximum atomic E-state index is 12.9. The molecule has 102 valence electrons. The summed E-state index contributed by atoms with van der Waals surface area (Å²) in [6.45, 7) is 1.31. The number of nitrogens with one attached hydrogen (secondary N) is 1. The van der Waals surface area contributed by atoms with Crippen molar-refractivity contribution in [3.8, 4) is 11.1 Å². The van der Waals surface area contributed by atoms with Crippen molar-refractivity contribution in [2.75, 3.05) is 5.32 Å². The number of amides is 1. The molecule has 20 heavy (non-hydrogen) atoms.